The average molecular weight is 404 g/mol. The van der Waals surface area contributed by atoms with Crippen molar-refractivity contribution in [2.75, 3.05) is 26.0 Å². The maximum Gasteiger partial charge on any atom is 0.238 e. The van der Waals surface area contributed by atoms with Crippen LogP contribution < -0.4 is 10.6 Å². The molecule has 0 saturated heterocycles. The van der Waals surface area contributed by atoms with Crippen LogP contribution >= 0.6 is 23.4 Å². The highest BCUT2D eigenvalue weighted by atomic mass is 35.5. The van der Waals surface area contributed by atoms with Gasteiger partial charge in [0.2, 0.25) is 11.8 Å². The van der Waals surface area contributed by atoms with Crippen LogP contribution in [-0.2, 0) is 9.59 Å². The molecule has 5 nitrogen and oxygen atoms in total. The lowest BCUT2D eigenvalue weighted by Crippen LogP contribution is -2.38. The Morgan fingerprint density at radius 3 is 2.70 bits per heavy atom. The van der Waals surface area contributed by atoms with E-state index >= 15 is 0 Å². The Bertz CT molecular complexity index is 829. The van der Waals surface area contributed by atoms with Gasteiger partial charge in [0, 0.05) is 22.9 Å². The van der Waals surface area contributed by atoms with Crippen molar-refractivity contribution in [2.24, 2.45) is 0 Å². The number of hydrogen-bond acceptors (Lipinski definition) is 4. The molecule has 3 rings (SSSR count). The number of nitrogens with zero attached hydrogens (tertiary/aromatic N) is 1. The molecular formula is C20H22ClN3O2S. The summed E-state index contributed by atoms with van der Waals surface area (Å²) in [5.74, 6) is -0.306. The van der Waals surface area contributed by atoms with Gasteiger partial charge in [-0.2, -0.15) is 0 Å². The second-order valence-electron chi connectivity index (χ2n) is 6.63. The predicted molar refractivity (Wildman–Crippen MR) is 110 cm³/mol. The van der Waals surface area contributed by atoms with E-state index in [2.05, 4.69) is 15.5 Å². The van der Waals surface area contributed by atoms with E-state index in [0.717, 1.165) is 10.5 Å². The number of fused-ring (bicyclic) bond motifs is 1. The Balaban J connectivity index is 1.59. The molecule has 2 atom stereocenters. The number of anilines is 1. The largest absolute Gasteiger partial charge is 0.354 e. The summed E-state index contributed by atoms with van der Waals surface area (Å²) in [6.45, 7) is 0.487. The number of thioether (sulfide) groups is 1. The molecule has 2 amide bonds. The van der Waals surface area contributed by atoms with Gasteiger partial charge in [-0.05, 0) is 37.9 Å². The fraction of sp³-hybridized carbons (Fsp3) is 0.300. The van der Waals surface area contributed by atoms with Crippen LogP contribution in [0.3, 0.4) is 0 Å². The lowest BCUT2D eigenvalue weighted by Gasteiger charge is -2.26. The van der Waals surface area contributed by atoms with Crippen molar-refractivity contribution in [2.45, 2.75) is 22.6 Å². The van der Waals surface area contributed by atoms with Crippen LogP contribution in [0.1, 0.15) is 18.0 Å². The predicted octanol–water partition coefficient (Wildman–Crippen LogP) is 3.56. The highest BCUT2D eigenvalue weighted by molar-refractivity contribution is 8.01. The van der Waals surface area contributed by atoms with Crippen molar-refractivity contribution in [3.63, 3.8) is 0 Å². The van der Waals surface area contributed by atoms with Crippen molar-refractivity contribution in [1.29, 1.82) is 0 Å². The minimum atomic E-state index is -0.451. The summed E-state index contributed by atoms with van der Waals surface area (Å²) in [4.78, 5) is 27.7. The average Bonchev–Trinajstić information content (AvgIpc) is 2.63. The van der Waals surface area contributed by atoms with Gasteiger partial charge < -0.3 is 15.5 Å². The summed E-state index contributed by atoms with van der Waals surface area (Å²) in [5, 5.41) is 5.92. The molecule has 0 aromatic heterocycles. The molecule has 0 spiro atoms. The van der Waals surface area contributed by atoms with Gasteiger partial charge in [-0.25, -0.2) is 0 Å². The van der Waals surface area contributed by atoms with Crippen LogP contribution in [0.5, 0.6) is 0 Å². The van der Waals surface area contributed by atoms with Crippen molar-refractivity contribution in [1.82, 2.24) is 10.2 Å². The first-order chi connectivity index (χ1) is 12.9. The van der Waals surface area contributed by atoms with Gasteiger partial charge in [0.1, 0.15) is 0 Å². The van der Waals surface area contributed by atoms with E-state index in [-0.39, 0.29) is 24.3 Å². The number of rotatable bonds is 6. The number of halogens is 1. The molecular weight excluding hydrogens is 382 g/mol. The van der Waals surface area contributed by atoms with Crippen LogP contribution in [0.4, 0.5) is 5.69 Å². The minimum Gasteiger partial charge on any atom is -0.354 e. The molecule has 1 heterocycles. The molecule has 0 radical (unpaired) electrons. The quantitative estimate of drug-likeness (QED) is 0.774. The molecule has 0 fully saturated rings. The maximum atomic E-state index is 12.4. The normalized spacial score (nSPS) is 17.2. The molecule has 0 saturated carbocycles. The summed E-state index contributed by atoms with van der Waals surface area (Å²) in [6.07, 6.45) is 0.132. The van der Waals surface area contributed by atoms with Crippen LogP contribution in [0.25, 0.3) is 0 Å². The van der Waals surface area contributed by atoms with E-state index in [4.69, 9.17) is 11.6 Å². The van der Waals surface area contributed by atoms with Gasteiger partial charge in [0.05, 0.1) is 17.0 Å². The number of carbonyl (C=O) groups is 2. The third kappa shape index (κ3) is 5.03. The van der Waals surface area contributed by atoms with Gasteiger partial charge in [-0.1, -0.05) is 41.9 Å². The van der Waals surface area contributed by atoms with E-state index in [1.807, 2.05) is 50.5 Å². The van der Waals surface area contributed by atoms with E-state index in [9.17, 15) is 9.59 Å². The number of carbonyl (C=O) groups excluding carboxylic acids is 2. The first-order valence-electron chi connectivity index (χ1n) is 8.69. The van der Waals surface area contributed by atoms with Gasteiger partial charge in [0.25, 0.3) is 0 Å². The topological polar surface area (TPSA) is 61.4 Å². The highest BCUT2D eigenvalue weighted by Crippen LogP contribution is 2.38. The van der Waals surface area contributed by atoms with E-state index < -0.39 is 5.25 Å². The van der Waals surface area contributed by atoms with Gasteiger partial charge in [-0.3, -0.25) is 9.59 Å². The van der Waals surface area contributed by atoms with E-state index in [0.29, 0.717) is 17.3 Å². The molecule has 1 aliphatic heterocycles. The first-order valence-corrected chi connectivity index (χ1v) is 9.95. The van der Waals surface area contributed by atoms with Crippen LogP contribution in [-0.4, -0.2) is 42.6 Å². The molecule has 1 aliphatic rings. The molecule has 142 valence electrons. The summed E-state index contributed by atoms with van der Waals surface area (Å²) >= 11 is 7.36. The smallest absolute Gasteiger partial charge is 0.238 e. The Hall–Kier alpha value is -2.02. The molecule has 0 unspecified atom stereocenters. The molecule has 27 heavy (non-hydrogen) atoms. The Labute approximate surface area is 168 Å². The Morgan fingerprint density at radius 2 is 2.00 bits per heavy atom. The lowest BCUT2D eigenvalue weighted by molar-refractivity contribution is -0.124. The molecule has 2 N–H and O–H groups in total. The Morgan fingerprint density at radius 1 is 1.26 bits per heavy atom. The second kappa shape index (κ2) is 8.78. The number of nitrogens with one attached hydrogen (secondary N) is 2. The van der Waals surface area contributed by atoms with Crippen molar-refractivity contribution < 1.29 is 9.59 Å². The summed E-state index contributed by atoms with van der Waals surface area (Å²) in [5.41, 5.74) is 1.84. The monoisotopic (exact) mass is 403 g/mol. The third-order valence-electron chi connectivity index (χ3n) is 4.43. The molecule has 2 aromatic carbocycles. The van der Waals surface area contributed by atoms with Crippen LogP contribution in [0.15, 0.2) is 53.4 Å². The zero-order valence-corrected chi connectivity index (χ0v) is 16.8. The van der Waals surface area contributed by atoms with Crippen LogP contribution in [0.2, 0.25) is 5.02 Å². The van der Waals surface area contributed by atoms with Crippen molar-refractivity contribution in [3.05, 3.63) is 59.1 Å². The molecule has 2 aromatic rings. The zero-order chi connectivity index (χ0) is 19.4. The fourth-order valence-corrected chi connectivity index (χ4v) is 4.24. The summed E-state index contributed by atoms with van der Waals surface area (Å²) in [7, 11) is 3.96. The SMILES string of the molecule is CN(C)[C@H](CNC(=O)C[C@H]1Sc2ccc(Cl)cc2NC1=O)c1ccccc1. The van der Waals surface area contributed by atoms with Crippen molar-refractivity contribution in [3.8, 4) is 0 Å². The van der Waals surface area contributed by atoms with Gasteiger partial charge in [-0.15, -0.1) is 11.8 Å². The zero-order valence-electron chi connectivity index (χ0n) is 15.2. The number of hydrogen-bond donors (Lipinski definition) is 2. The van der Waals surface area contributed by atoms with E-state index in [1.54, 1.807) is 12.1 Å². The molecule has 0 bridgehead atoms. The highest BCUT2D eigenvalue weighted by Gasteiger charge is 2.29. The van der Waals surface area contributed by atoms with Crippen LogP contribution in [0, 0.1) is 0 Å². The number of likely N-dealkylation sites (N-methyl/N-ethyl adjacent to an activating group) is 1. The Kier molecular flexibility index (Phi) is 6.42. The maximum absolute atomic E-state index is 12.4. The first kappa shape index (κ1) is 19.7. The lowest BCUT2D eigenvalue weighted by atomic mass is 10.1. The van der Waals surface area contributed by atoms with Gasteiger partial charge >= 0.3 is 0 Å². The van der Waals surface area contributed by atoms with Crippen molar-refractivity contribution >= 4 is 40.9 Å². The number of benzene rings is 2. The fourth-order valence-electron chi connectivity index (χ4n) is 2.98. The third-order valence-corrected chi connectivity index (χ3v) is 5.94. The minimum absolute atomic E-state index is 0.0749. The number of amides is 2. The summed E-state index contributed by atoms with van der Waals surface area (Å²) in [6, 6.07) is 15.5. The van der Waals surface area contributed by atoms with E-state index in [1.165, 1.54) is 11.8 Å². The second-order valence-corrected chi connectivity index (χ2v) is 8.32. The van der Waals surface area contributed by atoms with Gasteiger partial charge in [0.15, 0.2) is 0 Å². The summed E-state index contributed by atoms with van der Waals surface area (Å²) < 4.78 is 0. The molecule has 0 aliphatic carbocycles. The standard InChI is InChI=1S/C20H22ClN3O2S/c1-24(2)16(13-6-4-3-5-7-13)12-22-19(25)11-18-20(26)23-15-10-14(21)8-9-17(15)27-18/h3-10,16,18H,11-12H2,1-2H3,(H,22,25)(H,23,26)/t16-,18-/m1/s1. The molecule has 7 heteroatoms.